The minimum atomic E-state index is -0.392. The Bertz CT molecular complexity index is 1260. The van der Waals surface area contributed by atoms with E-state index in [1.807, 2.05) is 60.7 Å². The first-order valence-corrected chi connectivity index (χ1v) is 8.23. The van der Waals surface area contributed by atoms with Crippen LogP contribution in [0.1, 0.15) is 5.69 Å². The number of carbonyl (C=O) groups is 1. The van der Waals surface area contributed by atoms with Gasteiger partial charge in [0.1, 0.15) is 22.6 Å². The Morgan fingerprint density at radius 2 is 1.58 bits per heavy atom. The average Bonchev–Trinajstić information content (AvgIpc) is 3.23. The summed E-state index contributed by atoms with van der Waals surface area (Å²) in [6, 6.07) is 20.6. The number of furan rings is 1. The number of nitrogens with zero attached hydrogens (tertiary/aromatic N) is 1. The van der Waals surface area contributed by atoms with Gasteiger partial charge in [-0.05, 0) is 36.4 Å². The van der Waals surface area contributed by atoms with Crippen molar-refractivity contribution in [3.63, 3.8) is 0 Å². The van der Waals surface area contributed by atoms with Gasteiger partial charge >= 0.3 is 5.97 Å². The van der Waals surface area contributed by atoms with Crippen LogP contribution in [-0.2, 0) is 11.2 Å². The van der Waals surface area contributed by atoms with Crippen LogP contribution in [0.25, 0.3) is 32.9 Å². The molecular formula is C21H13NO4. The summed E-state index contributed by atoms with van der Waals surface area (Å²) < 4.78 is 16.5. The van der Waals surface area contributed by atoms with Crippen LogP contribution in [0.2, 0.25) is 0 Å². The van der Waals surface area contributed by atoms with Crippen LogP contribution in [0.4, 0.5) is 0 Å². The molecule has 0 aliphatic carbocycles. The highest BCUT2D eigenvalue weighted by molar-refractivity contribution is 6.05. The highest BCUT2D eigenvalue weighted by atomic mass is 16.5. The lowest BCUT2D eigenvalue weighted by molar-refractivity contribution is -0.133. The lowest BCUT2D eigenvalue weighted by Crippen LogP contribution is -2.11. The van der Waals surface area contributed by atoms with E-state index < -0.39 is 5.97 Å². The molecule has 126 valence electrons. The summed E-state index contributed by atoms with van der Waals surface area (Å²) in [5.41, 5.74) is 2.79. The second-order valence-corrected chi connectivity index (χ2v) is 6.03. The summed E-state index contributed by atoms with van der Waals surface area (Å²) in [6.45, 7) is 0. The van der Waals surface area contributed by atoms with E-state index in [4.69, 9.17) is 13.7 Å². The Morgan fingerprint density at radius 1 is 0.846 bits per heavy atom. The van der Waals surface area contributed by atoms with E-state index in [-0.39, 0.29) is 6.42 Å². The van der Waals surface area contributed by atoms with Crippen molar-refractivity contribution in [1.29, 1.82) is 0 Å². The van der Waals surface area contributed by atoms with Gasteiger partial charge in [0.05, 0.1) is 6.42 Å². The highest BCUT2D eigenvalue weighted by Gasteiger charge is 2.15. The van der Waals surface area contributed by atoms with Crippen LogP contribution < -0.4 is 4.74 Å². The van der Waals surface area contributed by atoms with E-state index >= 15 is 0 Å². The predicted molar refractivity (Wildman–Crippen MR) is 97.1 cm³/mol. The zero-order chi connectivity index (χ0) is 17.5. The molecule has 3 aromatic carbocycles. The van der Waals surface area contributed by atoms with E-state index in [1.54, 1.807) is 6.07 Å². The summed E-state index contributed by atoms with van der Waals surface area (Å²) in [4.78, 5) is 12.3. The van der Waals surface area contributed by atoms with Crippen LogP contribution >= 0.6 is 0 Å². The normalized spacial score (nSPS) is 11.4. The van der Waals surface area contributed by atoms with Gasteiger partial charge in [-0.3, -0.25) is 4.79 Å². The van der Waals surface area contributed by atoms with Crippen molar-refractivity contribution in [2.24, 2.45) is 0 Å². The minimum Gasteiger partial charge on any atom is -0.456 e. The zero-order valence-electron chi connectivity index (χ0n) is 13.6. The molecule has 5 heteroatoms. The molecule has 26 heavy (non-hydrogen) atoms. The first-order chi connectivity index (χ1) is 12.8. The van der Waals surface area contributed by atoms with E-state index in [1.165, 1.54) is 0 Å². The monoisotopic (exact) mass is 343 g/mol. The Morgan fingerprint density at radius 3 is 2.46 bits per heavy atom. The zero-order valence-corrected chi connectivity index (χ0v) is 13.6. The van der Waals surface area contributed by atoms with Crippen LogP contribution in [0.3, 0.4) is 0 Å². The average molecular weight is 343 g/mol. The van der Waals surface area contributed by atoms with Gasteiger partial charge in [0.15, 0.2) is 5.58 Å². The number of hydrogen-bond donors (Lipinski definition) is 0. The fourth-order valence-electron chi connectivity index (χ4n) is 3.14. The second-order valence-electron chi connectivity index (χ2n) is 6.03. The lowest BCUT2D eigenvalue weighted by Gasteiger charge is -2.03. The largest absolute Gasteiger partial charge is 0.456 e. The molecule has 0 bridgehead atoms. The van der Waals surface area contributed by atoms with Crippen molar-refractivity contribution in [2.75, 3.05) is 0 Å². The van der Waals surface area contributed by atoms with Gasteiger partial charge in [-0.25, -0.2) is 0 Å². The van der Waals surface area contributed by atoms with Gasteiger partial charge in [-0.15, -0.1) is 0 Å². The number of para-hydroxylation sites is 2. The van der Waals surface area contributed by atoms with Crippen LogP contribution in [0.15, 0.2) is 75.7 Å². The third-order valence-corrected chi connectivity index (χ3v) is 4.34. The van der Waals surface area contributed by atoms with E-state index in [0.29, 0.717) is 17.0 Å². The number of aromatic nitrogens is 1. The van der Waals surface area contributed by atoms with Crippen LogP contribution in [0, 0.1) is 0 Å². The maximum Gasteiger partial charge on any atom is 0.317 e. The van der Waals surface area contributed by atoms with Crippen LogP contribution in [-0.4, -0.2) is 11.1 Å². The third kappa shape index (κ3) is 2.41. The summed E-state index contributed by atoms with van der Waals surface area (Å²) in [6.07, 6.45) is 0.0428. The molecule has 5 rings (SSSR count). The van der Waals surface area contributed by atoms with Gasteiger partial charge in [-0.2, -0.15) is 0 Å². The summed E-state index contributed by atoms with van der Waals surface area (Å²) >= 11 is 0. The minimum absolute atomic E-state index is 0.0428. The lowest BCUT2D eigenvalue weighted by atomic mass is 10.1. The molecule has 0 radical (unpaired) electrons. The number of rotatable bonds is 3. The predicted octanol–water partition coefficient (Wildman–Crippen LogP) is 4.88. The Labute approximate surface area is 147 Å². The highest BCUT2D eigenvalue weighted by Crippen LogP contribution is 2.31. The van der Waals surface area contributed by atoms with Gasteiger partial charge in [0, 0.05) is 16.2 Å². The van der Waals surface area contributed by atoms with Crippen molar-refractivity contribution in [3.05, 3.63) is 72.4 Å². The number of benzene rings is 3. The molecule has 5 nitrogen and oxygen atoms in total. The third-order valence-electron chi connectivity index (χ3n) is 4.34. The van der Waals surface area contributed by atoms with E-state index in [2.05, 4.69) is 5.16 Å². The number of ether oxygens (including phenoxy) is 1. The standard InChI is InChI=1S/C21H13NO4/c23-21(12-17-15-6-2-4-8-20(15)26-22-17)24-13-9-10-19-16(11-13)14-5-1-3-7-18(14)25-19/h1-11H,12H2. The summed E-state index contributed by atoms with van der Waals surface area (Å²) in [5, 5.41) is 6.69. The topological polar surface area (TPSA) is 65.5 Å². The van der Waals surface area contributed by atoms with Crippen molar-refractivity contribution in [3.8, 4) is 5.75 Å². The molecule has 0 unspecified atom stereocenters. The molecule has 0 saturated heterocycles. The van der Waals surface area contributed by atoms with Crippen molar-refractivity contribution < 1.29 is 18.5 Å². The first-order valence-electron chi connectivity index (χ1n) is 8.23. The molecule has 0 N–H and O–H groups in total. The molecule has 0 fully saturated rings. The number of hydrogen-bond acceptors (Lipinski definition) is 5. The molecule has 0 amide bonds. The smallest absolute Gasteiger partial charge is 0.317 e. The molecule has 0 aliphatic heterocycles. The maximum absolute atomic E-state index is 12.3. The molecule has 2 aromatic heterocycles. The quantitative estimate of drug-likeness (QED) is 0.345. The van der Waals surface area contributed by atoms with Crippen molar-refractivity contribution in [2.45, 2.75) is 6.42 Å². The summed E-state index contributed by atoms with van der Waals surface area (Å²) in [5.74, 6) is 0.0815. The molecular weight excluding hydrogens is 330 g/mol. The second kappa shape index (κ2) is 5.74. The molecule has 5 aromatic rings. The van der Waals surface area contributed by atoms with Crippen LogP contribution in [0.5, 0.6) is 5.75 Å². The number of esters is 1. The van der Waals surface area contributed by atoms with Gasteiger partial charge in [0.25, 0.3) is 0 Å². The molecule has 2 heterocycles. The van der Waals surface area contributed by atoms with Gasteiger partial charge in [0.2, 0.25) is 0 Å². The molecule has 0 saturated carbocycles. The van der Waals surface area contributed by atoms with E-state index in [9.17, 15) is 4.79 Å². The number of carbonyl (C=O) groups excluding carboxylic acids is 1. The SMILES string of the molecule is O=C(Cc1noc2ccccc12)Oc1ccc2oc3ccccc3c2c1. The fourth-order valence-corrected chi connectivity index (χ4v) is 3.14. The Kier molecular flexibility index (Phi) is 3.25. The van der Waals surface area contributed by atoms with E-state index in [0.717, 1.165) is 27.3 Å². The van der Waals surface area contributed by atoms with Crippen molar-refractivity contribution in [1.82, 2.24) is 5.16 Å². The van der Waals surface area contributed by atoms with Gasteiger partial charge in [-0.1, -0.05) is 35.5 Å². The summed E-state index contributed by atoms with van der Waals surface area (Å²) in [7, 11) is 0. The van der Waals surface area contributed by atoms with Gasteiger partial charge < -0.3 is 13.7 Å². The fraction of sp³-hybridized carbons (Fsp3) is 0.0476. The Balaban J connectivity index is 1.43. The Hall–Kier alpha value is -3.60. The molecule has 0 spiro atoms. The van der Waals surface area contributed by atoms with Crippen molar-refractivity contribution >= 4 is 38.9 Å². The number of fused-ring (bicyclic) bond motifs is 4. The maximum atomic E-state index is 12.3. The molecule has 0 aliphatic rings. The first kappa shape index (κ1) is 14.7. The molecule has 0 atom stereocenters.